The summed E-state index contributed by atoms with van der Waals surface area (Å²) in [7, 11) is 1.52. The molecule has 2 N–H and O–H groups in total. The van der Waals surface area contributed by atoms with Crippen LogP contribution < -0.4 is 10.1 Å². The lowest BCUT2D eigenvalue weighted by atomic mass is 9.93. The molecular formula is C15H21NO4. The first-order chi connectivity index (χ1) is 9.41. The van der Waals surface area contributed by atoms with E-state index in [2.05, 4.69) is 5.32 Å². The molecule has 1 unspecified atom stereocenters. The van der Waals surface area contributed by atoms with Crippen LogP contribution in [0, 0.1) is 0 Å². The molecule has 1 aliphatic rings. The lowest BCUT2D eigenvalue weighted by Gasteiger charge is -2.35. The van der Waals surface area contributed by atoms with E-state index in [0.29, 0.717) is 12.4 Å². The second-order valence-electron chi connectivity index (χ2n) is 5.65. The van der Waals surface area contributed by atoms with Crippen LogP contribution in [0.5, 0.6) is 11.5 Å². The molecule has 0 spiro atoms. The number of rotatable bonds is 3. The van der Waals surface area contributed by atoms with Gasteiger partial charge in [0.1, 0.15) is 11.5 Å². The average Bonchev–Trinajstić information content (AvgIpc) is 2.38. The average molecular weight is 279 g/mol. The molecule has 0 aromatic heterocycles. The second-order valence-corrected chi connectivity index (χ2v) is 5.65. The van der Waals surface area contributed by atoms with Gasteiger partial charge in [-0.3, -0.25) is 4.79 Å². The summed E-state index contributed by atoms with van der Waals surface area (Å²) in [4.78, 5) is 12.2. The molecule has 1 heterocycles. The summed E-state index contributed by atoms with van der Waals surface area (Å²) in [6.07, 6.45) is 1.53. The Morgan fingerprint density at radius 2 is 2.25 bits per heavy atom. The summed E-state index contributed by atoms with van der Waals surface area (Å²) in [6.45, 7) is 4.64. The molecule has 1 aliphatic heterocycles. The molecule has 110 valence electrons. The van der Waals surface area contributed by atoms with Crippen molar-refractivity contribution in [2.45, 2.75) is 38.3 Å². The monoisotopic (exact) mass is 279 g/mol. The van der Waals surface area contributed by atoms with Crippen LogP contribution in [0.25, 0.3) is 0 Å². The van der Waals surface area contributed by atoms with Crippen LogP contribution in [0.2, 0.25) is 0 Å². The predicted molar refractivity (Wildman–Crippen MR) is 75.2 cm³/mol. The number of methoxy groups -OCH3 is 1. The number of benzene rings is 1. The summed E-state index contributed by atoms with van der Waals surface area (Å²) in [5.74, 6) is 0.207. The third-order valence-electron chi connectivity index (χ3n) is 3.48. The van der Waals surface area contributed by atoms with Gasteiger partial charge in [-0.2, -0.15) is 0 Å². The Balaban J connectivity index is 2.08. The molecule has 1 fully saturated rings. The maximum atomic E-state index is 12.2. The predicted octanol–water partition coefficient (Wildman–Crippen LogP) is 2.09. The van der Waals surface area contributed by atoms with Crippen molar-refractivity contribution in [3.63, 3.8) is 0 Å². The largest absolute Gasteiger partial charge is 0.507 e. The number of phenolic OH excluding ortho intramolecular Hbond substituents is 1. The van der Waals surface area contributed by atoms with E-state index in [0.717, 1.165) is 12.8 Å². The Bertz CT molecular complexity index is 499. The van der Waals surface area contributed by atoms with Gasteiger partial charge in [0, 0.05) is 12.6 Å². The molecule has 5 nitrogen and oxygen atoms in total. The fraction of sp³-hybridized carbons (Fsp3) is 0.533. The van der Waals surface area contributed by atoms with E-state index >= 15 is 0 Å². The summed E-state index contributed by atoms with van der Waals surface area (Å²) in [5.41, 5.74) is 0.000685. The van der Waals surface area contributed by atoms with E-state index in [-0.39, 0.29) is 28.9 Å². The third kappa shape index (κ3) is 3.42. The van der Waals surface area contributed by atoms with Crippen LogP contribution >= 0.6 is 0 Å². The first-order valence-electron chi connectivity index (χ1n) is 6.73. The van der Waals surface area contributed by atoms with Crippen LogP contribution in [0.15, 0.2) is 18.2 Å². The van der Waals surface area contributed by atoms with Crippen LogP contribution in [0.3, 0.4) is 0 Å². The van der Waals surface area contributed by atoms with Crippen LogP contribution in [-0.2, 0) is 4.74 Å². The van der Waals surface area contributed by atoms with Crippen molar-refractivity contribution in [2.75, 3.05) is 13.7 Å². The van der Waals surface area contributed by atoms with Gasteiger partial charge in [0.25, 0.3) is 5.91 Å². The lowest BCUT2D eigenvalue weighted by molar-refractivity contribution is -0.0615. The van der Waals surface area contributed by atoms with E-state index < -0.39 is 0 Å². The van der Waals surface area contributed by atoms with Gasteiger partial charge in [-0.25, -0.2) is 0 Å². The van der Waals surface area contributed by atoms with Gasteiger partial charge in [-0.1, -0.05) is 0 Å². The second kappa shape index (κ2) is 5.71. The zero-order valence-electron chi connectivity index (χ0n) is 12.1. The highest BCUT2D eigenvalue weighted by Crippen LogP contribution is 2.26. The summed E-state index contributed by atoms with van der Waals surface area (Å²) in [6, 6.07) is 4.66. The van der Waals surface area contributed by atoms with Gasteiger partial charge in [-0.15, -0.1) is 0 Å². The number of amides is 1. The standard InChI is InChI=1S/C15H21NO4/c1-15(2)9-10(6-7-20-15)16-14(18)12-8-11(19-3)4-5-13(12)17/h4-5,8,10,17H,6-7,9H2,1-3H3,(H,16,18). The minimum atomic E-state index is -0.288. The lowest BCUT2D eigenvalue weighted by Crippen LogP contribution is -2.45. The number of ether oxygens (including phenoxy) is 2. The highest BCUT2D eigenvalue weighted by Gasteiger charge is 2.30. The summed E-state index contributed by atoms with van der Waals surface area (Å²) < 4.78 is 10.7. The van der Waals surface area contributed by atoms with E-state index in [1.165, 1.54) is 19.2 Å². The van der Waals surface area contributed by atoms with Crippen molar-refractivity contribution < 1.29 is 19.4 Å². The zero-order valence-corrected chi connectivity index (χ0v) is 12.1. The van der Waals surface area contributed by atoms with Gasteiger partial charge in [0.05, 0.1) is 18.3 Å². The number of hydrogen-bond acceptors (Lipinski definition) is 4. The Labute approximate surface area is 118 Å². The quantitative estimate of drug-likeness (QED) is 0.889. The molecule has 1 saturated heterocycles. The van der Waals surface area contributed by atoms with Crippen LogP contribution in [-0.4, -0.2) is 36.4 Å². The van der Waals surface area contributed by atoms with Crippen LogP contribution in [0.4, 0.5) is 0 Å². The Hall–Kier alpha value is -1.75. The van der Waals surface area contributed by atoms with Crippen molar-refractivity contribution in [1.29, 1.82) is 0 Å². The van der Waals surface area contributed by atoms with Gasteiger partial charge < -0.3 is 19.9 Å². The van der Waals surface area contributed by atoms with Gasteiger partial charge in [0.15, 0.2) is 0 Å². The first kappa shape index (κ1) is 14.7. The maximum Gasteiger partial charge on any atom is 0.255 e. The maximum absolute atomic E-state index is 12.2. The van der Waals surface area contributed by atoms with E-state index in [9.17, 15) is 9.90 Å². The van der Waals surface area contributed by atoms with Crippen molar-refractivity contribution in [1.82, 2.24) is 5.32 Å². The van der Waals surface area contributed by atoms with Gasteiger partial charge in [-0.05, 0) is 44.9 Å². The number of carbonyl (C=O) groups excluding carboxylic acids is 1. The molecule has 1 atom stereocenters. The minimum absolute atomic E-state index is 0.0466. The SMILES string of the molecule is COc1ccc(O)c(C(=O)NC2CCOC(C)(C)C2)c1. The number of aromatic hydroxyl groups is 1. The van der Waals surface area contributed by atoms with Gasteiger partial charge in [0.2, 0.25) is 0 Å². The molecule has 0 aliphatic carbocycles. The molecule has 5 heteroatoms. The van der Waals surface area contributed by atoms with Crippen molar-refractivity contribution in [3.8, 4) is 11.5 Å². The zero-order chi connectivity index (χ0) is 14.8. The molecule has 1 aromatic rings. The van der Waals surface area contributed by atoms with Gasteiger partial charge >= 0.3 is 0 Å². The topological polar surface area (TPSA) is 67.8 Å². The normalized spacial score (nSPS) is 21.2. The summed E-state index contributed by atoms with van der Waals surface area (Å²) in [5, 5.41) is 12.7. The number of carbonyl (C=O) groups is 1. The number of phenols is 1. The minimum Gasteiger partial charge on any atom is -0.507 e. The molecule has 1 amide bonds. The Morgan fingerprint density at radius 1 is 1.50 bits per heavy atom. The molecule has 1 aromatic carbocycles. The van der Waals surface area contributed by atoms with E-state index in [1.54, 1.807) is 6.07 Å². The molecule has 2 rings (SSSR count). The van der Waals surface area contributed by atoms with Crippen molar-refractivity contribution >= 4 is 5.91 Å². The molecule has 0 saturated carbocycles. The molecule has 20 heavy (non-hydrogen) atoms. The van der Waals surface area contributed by atoms with Crippen molar-refractivity contribution in [3.05, 3.63) is 23.8 Å². The van der Waals surface area contributed by atoms with E-state index in [1.807, 2.05) is 13.8 Å². The van der Waals surface area contributed by atoms with E-state index in [4.69, 9.17) is 9.47 Å². The first-order valence-corrected chi connectivity index (χ1v) is 6.73. The molecule has 0 bridgehead atoms. The summed E-state index contributed by atoms with van der Waals surface area (Å²) >= 11 is 0. The fourth-order valence-corrected chi connectivity index (χ4v) is 2.44. The van der Waals surface area contributed by atoms with Crippen molar-refractivity contribution in [2.24, 2.45) is 0 Å². The fourth-order valence-electron chi connectivity index (χ4n) is 2.44. The Kier molecular flexibility index (Phi) is 4.18. The highest BCUT2D eigenvalue weighted by molar-refractivity contribution is 5.97. The van der Waals surface area contributed by atoms with Crippen LogP contribution in [0.1, 0.15) is 37.0 Å². The number of hydrogen-bond donors (Lipinski definition) is 2. The number of nitrogens with one attached hydrogen (secondary N) is 1. The Morgan fingerprint density at radius 3 is 2.90 bits per heavy atom. The molecule has 0 radical (unpaired) electrons. The smallest absolute Gasteiger partial charge is 0.255 e. The highest BCUT2D eigenvalue weighted by atomic mass is 16.5. The third-order valence-corrected chi connectivity index (χ3v) is 3.48. The molecular weight excluding hydrogens is 258 g/mol.